The zero-order valence-electron chi connectivity index (χ0n) is 16.2. The van der Waals surface area contributed by atoms with E-state index in [-0.39, 0.29) is 28.9 Å². The highest BCUT2D eigenvalue weighted by molar-refractivity contribution is 7.80. The van der Waals surface area contributed by atoms with Crippen LogP contribution in [0.15, 0.2) is 42.0 Å². The van der Waals surface area contributed by atoms with E-state index in [4.69, 9.17) is 28.6 Å². The lowest BCUT2D eigenvalue weighted by Crippen LogP contribution is -2.51. The summed E-state index contributed by atoms with van der Waals surface area (Å²) in [7, 11) is 0. The number of halogens is 1. The van der Waals surface area contributed by atoms with Crippen LogP contribution in [-0.4, -0.2) is 29.4 Å². The van der Waals surface area contributed by atoms with Crippen LogP contribution in [0.5, 0.6) is 5.75 Å². The van der Waals surface area contributed by atoms with E-state index in [1.807, 2.05) is 32.0 Å². The molecule has 1 heterocycles. The fourth-order valence-corrected chi connectivity index (χ4v) is 3.17. The fraction of sp³-hybridized carbons (Fsp3) is 0.143. The average molecular weight is 444 g/mol. The Kier molecular flexibility index (Phi) is 6.49. The minimum atomic E-state index is -0.637. The van der Waals surface area contributed by atoms with Gasteiger partial charge in [-0.25, -0.2) is 0 Å². The maximum Gasteiger partial charge on any atom is 0.263 e. The van der Waals surface area contributed by atoms with E-state index in [2.05, 4.69) is 16.0 Å². The molecule has 3 amide bonds. The van der Waals surface area contributed by atoms with Crippen molar-refractivity contribution in [3.63, 3.8) is 0 Å². The highest BCUT2D eigenvalue weighted by Gasteiger charge is 2.26. The molecule has 2 aromatic carbocycles. The number of carbonyl (C=O) groups excluding carboxylic acids is 3. The van der Waals surface area contributed by atoms with Gasteiger partial charge in [-0.15, -0.1) is 0 Å². The predicted molar refractivity (Wildman–Crippen MR) is 118 cm³/mol. The molecule has 30 heavy (non-hydrogen) atoms. The van der Waals surface area contributed by atoms with Gasteiger partial charge in [0, 0.05) is 16.3 Å². The molecular formula is C21H18ClN3O4S. The van der Waals surface area contributed by atoms with E-state index in [0.29, 0.717) is 16.3 Å². The Hall–Kier alpha value is -3.23. The Morgan fingerprint density at radius 3 is 2.50 bits per heavy atom. The number of hydrogen-bond donors (Lipinski definition) is 3. The normalized spacial score (nSPS) is 13.4. The van der Waals surface area contributed by atoms with Gasteiger partial charge in [-0.3, -0.25) is 25.0 Å². The molecule has 1 fully saturated rings. The molecule has 3 rings (SSSR count). The largest absolute Gasteiger partial charge is 0.483 e. The smallest absolute Gasteiger partial charge is 0.263 e. The van der Waals surface area contributed by atoms with Crippen LogP contribution in [0.3, 0.4) is 0 Å². The summed E-state index contributed by atoms with van der Waals surface area (Å²) in [5, 5.41) is 7.82. The summed E-state index contributed by atoms with van der Waals surface area (Å²) in [6.45, 7) is 3.60. The molecule has 0 saturated carbocycles. The van der Waals surface area contributed by atoms with Crippen LogP contribution in [0.1, 0.15) is 16.7 Å². The van der Waals surface area contributed by atoms with E-state index in [9.17, 15) is 14.4 Å². The van der Waals surface area contributed by atoms with Crippen molar-refractivity contribution in [1.82, 2.24) is 10.6 Å². The lowest BCUT2D eigenvalue weighted by atomic mass is 10.1. The quantitative estimate of drug-likeness (QED) is 0.375. The number of ether oxygens (including phenoxy) is 1. The lowest BCUT2D eigenvalue weighted by Gasteiger charge is -2.17. The first kappa shape index (κ1) is 21.5. The van der Waals surface area contributed by atoms with Crippen LogP contribution in [-0.2, 0) is 14.4 Å². The molecule has 0 aliphatic carbocycles. The molecule has 9 heteroatoms. The van der Waals surface area contributed by atoms with Crippen molar-refractivity contribution in [2.24, 2.45) is 0 Å². The molecule has 154 valence electrons. The minimum Gasteiger partial charge on any atom is -0.483 e. The summed E-state index contributed by atoms with van der Waals surface area (Å²) in [6, 6.07) is 10.4. The van der Waals surface area contributed by atoms with Gasteiger partial charge >= 0.3 is 0 Å². The third-order valence-corrected chi connectivity index (χ3v) is 4.67. The van der Waals surface area contributed by atoms with Gasteiger partial charge in [0.2, 0.25) is 0 Å². The fourth-order valence-electron chi connectivity index (χ4n) is 2.81. The van der Waals surface area contributed by atoms with E-state index in [1.54, 1.807) is 12.1 Å². The number of hydrogen-bond acceptors (Lipinski definition) is 5. The summed E-state index contributed by atoms with van der Waals surface area (Å²) >= 11 is 10.8. The Balaban J connectivity index is 1.76. The van der Waals surface area contributed by atoms with Gasteiger partial charge in [-0.05, 0) is 62.0 Å². The van der Waals surface area contributed by atoms with Gasteiger partial charge in [-0.2, -0.15) is 0 Å². The van der Waals surface area contributed by atoms with E-state index in [1.165, 1.54) is 12.1 Å². The molecule has 1 saturated heterocycles. The zero-order chi connectivity index (χ0) is 21.8. The van der Waals surface area contributed by atoms with Crippen molar-refractivity contribution in [1.29, 1.82) is 0 Å². The van der Waals surface area contributed by atoms with Crippen LogP contribution >= 0.6 is 23.8 Å². The van der Waals surface area contributed by atoms with Gasteiger partial charge in [0.15, 0.2) is 11.7 Å². The van der Waals surface area contributed by atoms with Crippen LogP contribution in [0.2, 0.25) is 5.02 Å². The summed E-state index contributed by atoms with van der Waals surface area (Å²) in [5.41, 5.74) is 2.94. The molecule has 0 radical (unpaired) electrons. The number of aryl methyl sites for hydroxylation is 2. The van der Waals surface area contributed by atoms with Crippen molar-refractivity contribution in [2.75, 3.05) is 11.9 Å². The Labute approximate surface area is 183 Å². The summed E-state index contributed by atoms with van der Waals surface area (Å²) in [5.74, 6) is -1.34. The van der Waals surface area contributed by atoms with E-state index >= 15 is 0 Å². The number of anilines is 1. The van der Waals surface area contributed by atoms with Gasteiger partial charge in [-0.1, -0.05) is 29.3 Å². The zero-order valence-corrected chi connectivity index (χ0v) is 17.7. The second-order valence-corrected chi connectivity index (χ2v) is 7.48. The minimum absolute atomic E-state index is 0.0622. The first-order valence-corrected chi connectivity index (χ1v) is 9.69. The molecule has 3 N–H and O–H groups in total. The molecule has 0 spiro atoms. The number of rotatable bonds is 5. The third-order valence-electron chi connectivity index (χ3n) is 4.23. The topological polar surface area (TPSA) is 96.5 Å². The monoisotopic (exact) mass is 443 g/mol. The molecule has 0 unspecified atom stereocenters. The van der Waals surface area contributed by atoms with Crippen LogP contribution < -0.4 is 20.7 Å². The summed E-state index contributed by atoms with van der Waals surface area (Å²) in [6.07, 6.45) is 1.33. The Bertz CT molecular complexity index is 1080. The van der Waals surface area contributed by atoms with Gasteiger partial charge in [0.25, 0.3) is 17.7 Å². The Morgan fingerprint density at radius 2 is 1.83 bits per heavy atom. The highest BCUT2D eigenvalue weighted by atomic mass is 35.5. The molecule has 0 bridgehead atoms. The van der Waals surface area contributed by atoms with Gasteiger partial charge in [0.05, 0.1) is 0 Å². The van der Waals surface area contributed by atoms with Crippen LogP contribution in [0.25, 0.3) is 6.08 Å². The summed E-state index contributed by atoms with van der Waals surface area (Å²) < 4.78 is 5.62. The molecule has 0 atom stereocenters. The van der Waals surface area contributed by atoms with Crippen molar-refractivity contribution in [3.05, 3.63) is 63.7 Å². The van der Waals surface area contributed by atoms with Crippen molar-refractivity contribution in [3.8, 4) is 5.75 Å². The lowest BCUT2D eigenvalue weighted by molar-refractivity contribution is -0.123. The molecule has 2 aromatic rings. The Morgan fingerprint density at radius 1 is 1.13 bits per heavy atom. The standard InChI is InChI=1S/C21H18ClN3O4S/c1-11-3-5-16(12(2)7-11)23-18(26)10-29-17-6-4-14(22)8-13(17)9-15-19(27)24-21(30)25-20(15)28/h3-9H,10H2,1-2H3,(H,23,26)(H2,24,25,27,28,30). The predicted octanol–water partition coefficient (Wildman–Crippen LogP) is 2.89. The number of carbonyl (C=O) groups is 3. The third kappa shape index (κ3) is 5.22. The maximum absolute atomic E-state index is 12.3. The molecule has 1 aliphatic heterocycles. The first-order valence-electron chi connectivity index (χ1n) is 8.91. The molecule has 1 aliphatic rings. The van der Waals surface area contributed by atoms with E-state index in [0.717, 1.165) is 11.1 Å². The summed E-state index contributed by atoms with van der Waals surface area (Å²) in [4.78, 5) is 36.5. The number of benzene rings is 2. The van der Waals surface area contributed by atoms with Gasteiger partial charge < -0.3 is 10.1 Å². The highest BCUT2D eigenvalue weighted by Crippen LogP contribution is 2.26. The second kappa shape index (κ2) is 9.06. The van der Waals surface area contributed by atoms with E-state index < -0.39 is 11.8 Å². The van der Waals surface area contributed by atoms with Gasteiger partial charge in [0.1, 0.15) is 11.3 Å². The maximum atomic E-state index is 12.3. The van der Waals surface area contributed by atoms with Crippen molar-refractivity contribution in [2.45, 2.75) is 13.8 Å². The molecular weight excluding hydrogens is 426 g/mol. The SMILES string of the molecule is Cc1ccc(NC(=O)COc2ccc(Cl)cc2C=C2C(=O)NC(=S)NC2=O)c(C)c1. The second-order valence-electron chi connectivity index (χ2n) is 6.63. The molecule has 7 nitrogen and oxygen atoms in total. The number of thiocarbonyl (C=S) groups is 1. The van der Waals surface area contributed by atoms with Crippen LogP contribution in [0.4, 0.5) is 5.69 Å². The first-order chi connectivity index (χ1) is 14.2. The molecule has 0 aromatic heterocycles. The van der Waals surface area contributed by atoms with Crippen molar-refractivity contribution < 1.29 is 19.1 Å². The average Bonchev–Trinajstić information content (AvgIpc) is 2.66. The van der Waals surface area contributed by atoms with Crippen LogP contribution in [0, 0.1) is 13.8 Å². The van der Waals surface area contributed by atoms with Crippen molar-refractivity contribution >= 4 is 58.4 Å². The number of nitrogens with one attached hydrogen (secondary N) is 3. The number of amides is 3.